The summed E-state index contributed by atoms with van der Waals surface area (Å²) < 4.78 is 5.07. The van der Waals surface area contributed by atoms with Crippen molar-refractivity contribution in [2.45, 2.75) is 38.7 Å². The standard InChI is InChI=1S/C12H18O2/c1-3-5-7-9-11-10(8-6-4-2)12(13)14-11/h4,6,8,10-11H,2-3,5,7,9H2,1H3/b8-6+/t10-,11-/m1/s1. The third kappa shape index (κ3) is 2.72. The molecule has 0 bridgehead atoms. The summed E-state index contributed by atoms with van der Waals surface area (Å²) in [6, 6.07) is 0. The SMILES string of the molecule is C=C/C=C/[C@H]1C(=O)O[C@@H]1CCCCC. The van der Waals surface area contributed by atoms with E-state index >= 15 is 0 Å². The molecule has 78 valence electrons. The minimum atomic E-state index is -0.0930. The molecule has 0 radical (unpaired) electrons. The largest absolute Gasteiger partial charge is 0.461 e. The Labute approximate surface area is 85.6 Å². The molecule has 0 N–H and O–H groups in total. The molecule has 2 heteroatoms. The van der Waals surface area contributed by atoms with Gasteiger partial charge in [0.25, 0.3) is 0 Å². The summed E-state index contributed by atoms with van der Waals surface area (Å²) >= 11 is 0. The third-order valence-corrected chi connectivity index (χ3v) is 2.49. The molecule has 14 heavy (non-hydrogen) atoms. The summed E-state index contributed by atoms with van der Waals surface area (Å²) in [5.41, 5.74) is 0. The predicted molar refractivity (Wildman–Crippen MR) is 56.8 cm³/mol. The Balaban J connectivity index is 2.29. The fraction of sp³-hybridized carbons (Fsp3) is 0.583. The zero-order valence-corrected chi connectivity index (χ0v) is 8.74. The number of allylic oxidation sites excluding steroid dienone is 2. The normalized spacial score (nSPS) is 25.9. The topological polar surface area (TPSA) is 26.3 Å². The minimum Gasteiger partial charge on any atom is -0.461 e. The first kappa shape index (κ1) is 11.0. The van der Waals surface area contributed by atoms with E-state index < -0.39 is 0 Å². The summed E-state index contributed by atoms with van der Waals surface area (Å²) in [5.74, 6) is -0.116. The van der Waals surface area contributed by atoms with Gasteiger partial charge in [0.05, 0.1) is 0 Å². The lowest BCUT2D eigenvalue weighted by Crippen LogP contribution is -2.43. The molecule has 0 aromatic carbocycles. The van der Waals surface area contributed by atoms with Gasteiger partial charge in [0.15, 0.2) is 0 Å². The monoisotopic (exact) mass is 194 g/mol. The van der Waals surface area contributed by atoms with Gasteiger partial charge in [-0.05, 0) is 12.8 Å². The van der Waals surface area contributed by atoms with Crippen LogP contribution in [0.2, 0.25) is 0 Å². The van der Waals surface area contributed by atoms with Crippen LogP contribution in [0.1, 0.15) is 32.6 Å². The maximum absolute atomic E-state index is 11.1. The van der Waals surface area contributed by atoms with Gasteiger partial charge in [0.2, 0.25) is 0 Å². The summed E-state index contributed by atoms with van der Waals surface area (Å²) in [6.45, 7) is 5.75. The van der Waals surface area contributed by atoms with Gasteiger partial charge in [-0.3, -0.25) is 4.79 Å². The van der Waals surface area contributed by atoms with E-state index in [1.54, 1.807) is 6.08 Å². The minimum absolute atomic E-state index is 0.0233. The maximum atomic E-state index is 11.1. The van der Waals surface area contributed by atoms with E-state index in [9.17, 15) is 4.79 Å². The highest BCUT2D eigenvalue weighted by atomic mass is 16.6. The molecule has 0 aromatic heterocycles. The Hall–Kier alpha value is -1.05. The predicted octanol–water partition coefficient (Wildman–Crippen LogP) is 2.85. The number of carbonyl (C=O) groups excluding carboxylic acids is 1. The fourth-order valence-corrected chi connectivity index (χ4v) is 1.62. The van der Waals surface area contributed by atoms with Crippen molar-refractivity contribution < 1.29 is 9.53 Å². The van der Waals surface area contributed by atoms with Crippen LogP contribution in [0.5, 0.6) is 0 Å². The maximum Gasteiger partial charge on any atom is 0.316 e. The molecule has 0 amide bonds. The summed E-state index contributed by atoms with van der Waals surface area (Å²) in [7, 11) is 0. The molecule has 1 saturated heterocycles. The van der Waals surface area contributed by atoms with Gasteiger partial charge in [-0.15, -0.1) is 0 Å². The molecule has 0 spiro atoms. The Morgan fingerprint density at radius 3 is 2.86 bits per heavy atom. The average molecular weight is 194 g/mol. The molecule has 1 aliphatic rings. The van der Waals surface area contributed by atoms with Crippen LogP contribution in [0.25, 0.3) is 0 Å². The molecule has 1 fully saturated rings. The van der Waals surface area contributed by atoms with E-state index in [1.807, 2.05) is 12.2 Å². The summed E-state index contributed by atoms with van der Waals surface area (Å²) in [4.78, 5) is 11.1. The van der Waals surface area contributed by atoms with E-state index in [0.717, 1.165) is 12.8 Å². The average Bonchev–Trinajstić information content (AvgIpc) is 2.17. The Bertz CT molecular complexity index is 230. The van der Waals surface area contributed by atoms with Crippen LogP contribution >= 0.6 is 0 Å². The van der Waals surface area contributed by atoms with Crippen LogP contribution in [-0.4, -0.2) is 12.1 Å². The Morgan fingerprint density at radius 1 is 1.50 bits per heavy atom. The first-order chi connectivity index (χ1) is 6.79. The van der Waals surface area contributed by atoms with Crippen LogP contribution in [0.15, 0.2) is 24.8 Å². The number of ether oxygens (including phenoxy) is 1. The highest BCUT2D eigenvalue weighted by Gasteiger charge is 2.39. The molecule has 0 saturated carbocycles. The molecule has 1 aliphatic heterocycles. The smallest absolute Gasteiger partial charge is 0.316 e. The summed E-state index contributed by atoms with van der Waals surface area (Å²) in [5, 5.41) is 0. The molecular formula is C12H18O2. The van der Waals surface area contributed by atoms with Gasteiger partial charge >= 0.3 is 5.97 Å². The highest BCUT2D eigenvalue weighted by Crippen LogP contribution is 2.28. The van der Waals surface area contributed by atoms with E-state index in [4.69, 9.17) is 4.74 Å². The number of carbonyl (C=O) groups is 1. The van der Waals surface area contributed by atoms with Crippen molar-refractivity contribution in [3.63, 3.8) is 0 Å². The van der Waals surface area contributed by atoms with Crippen LogP contribution in [0.4, 0.5) is 0 Å². The van der Waals surface area contributed by atoms with Crippen LogP contribution < -0.4 is 0 Å². The van der Waals surface area contributed by atoms with Crippen molar-refractivity contribution in [1.82, 2.24) is 0 Å². The number of unbranched alkanes of at least 4 members (excludes halogenated alkanes) is 2. The molecule has 2 nitrogen and oxygen atoms in total. The first-order valence-electron chi connectivity index (χ1n) is 5.29. The van der Waals surface area contributed by atoms with Crippen LogP contribution in [-0.2, 0) is 9.53 Å². The van der Waals surface area contributed by atoms with Gasteiger partial charge in [-0.25, -0.2) is 0 Å². The van der Waals surface area contributed by atoms with Gasteiger partial charge < -0.3 is 4.74 Å². The van der Waals surface area contributed by atoms with Gasteiger partial charge in [-0.1, -0.05) is 44.6 Å². The Morgan fingerprint density at radius 2 is 2.29 bits per heavy atom. The molecule has 0 unspecified atom stereocenters. The molecular weight excluding hydrogens is 176 g/mol. The number of esters is 1. The van der Waals surface area contributed by atoms with Crippen LogP contribution in [0.3, 0.4) is 0 Å². The molecule has 1 rings (SSSR count). The lowest BCUT2D eigenvalue weighted by atomic mass is 9.92. The van der Waals surface area contributed by atoms with Gasteiger partial charge in [-0.2, -0.15) is 0 Å². The van der Waals surface area contributed by atoms with E-state index in [2.05, 4.69) is 13.5 Å². The third-order valence-electron chi connectivity index (χ3n) is 2.49. The number of rotatable bonds is 6. The zero-order chi connectivity index (χ0) is 10.4. The van der Waals surface area contributed by atoms with Crippen molar-refractivity contribution in [1.29, 1.82) is 0 Å². The second-order valence-corrected chi connectivity index (χ2v) is 3.62. The van der Waals surface area contributed by atoms with Gasteiger partial charge in [0.1, 0.15) is 12.0 Å². The van der Waals surface area contributed by atoms with Crippen molar-refractivity contribution >= 4 is 5.97 Å². The first-order valence-corrected chi connectivity index (χ1v) is 5.29. The van der Waals surface area contributed by atoms with E-state index in [-0.39, 0.29) is 18.0 Å². The zero-order valence-electron chi connectivity index (χ0n) is 8.74. The number of cyclic esters (lactones) is 1. The molecule has 0 aliphatic carbocycles. The second kappa shape index (κ2) is 5.63. The highest BCUT2D eigenvalue weighted by molar-refractivity contribution is 5.80. The quantitative estimate of drug-likeness (QED) is 0.369. The summed E-state index contributed by atoms with van der Waals surface area (Å²) in [6.07, 6.45) is 10.1. The lowest BCUT2D eigenvalue weighted by molar-refractivity contribution is -0.179. The Kier molecular flexibility index (Phi) is 4.44. The van der Waals surface area contributed by atoms with E-state index in [1.165, 1.54) is 12.8 Å². The van der Waals surface area contributed by atoms with Crippen LogP contribution in [0, 0.1) is 5.92 Å². The van der Waals surface area contributed by atoms with Crippen molar-refractivity contribution in [2.75, 3.05) is 0 Å². The molecule has 0 aromatic rings. The molecule has 1 heterocycles. The van der Waals surface area contributed by atoms with Gasteiger partial charge in [0, 0.05) is 0 Å². The van der Waals surface area contributed by atoms with Crippen molar-refractivity contribution in [3.05, 3.63) is 24.8 Å². The van der Waals surface area contributed by atoms with Crippen molar-refractivity contribution in [2.24, 2.45) is 5.92 Å². The second-order valence-electron chi connectivity index (χ2n) is 3.62. The van der Waals surface area contributed by atoms with E-state index in [0.29, 0.717) is 0 Å². The molecule has 2 atom stereocenters. The lowest BCUT2D eigenvalue weighted by Gasteiger charge is -2.33. The number of hydrogen-bond acceptors (Lipinski definition) is 2. The van der Waals surface area contributed by atoms with Crippen molar-refractivity contribution in [3.8, 4) is 0 Å². The fourth-order valence-electron chi connectivity index (χ4n) is 1.62. The number of hydrogen-bond donors (Lipinski definition) is 0.